The van der Waals surface area contributed by atoms with Crippen molar-refractivity contribution in [3.8, 4) is 0 Å². The van der Waals surface area contributed by atoms with Crippen LogP contribution in [0.5, 0.6) is 0 Å². The van der Waals surface area contributed by atoms with Crippen LogP contribution in [0, 0.1) is 5.82 Å². The number of nitrogens with one attached hydrogen (secondary N) is 1. The minimum Gasteiger partial charge on any atom is -0.352 e. The van der Waals surface area contributed by atoms with Gasteiger partial charge in [0, 0.05) is 33.1 Å². The van der Waals surface area contributed by atoms with Gasteiger partial charge in [0.15, 0.2) is 0 Å². The van der Waals surface area contributed by atoms with Gasteiger partial charge in [-0.05, 0) is 48.2 Å². The Kier molecular flexibility index (Phi) is 11.6. The molecule has 0 saturated heterocycles. The molecule has 0 aromatic heterocycles. The number of hydrogen-bond acceptors (Lipinski definition) is 4. The summed E-state index contributed by atoms with van der Waals surface area (Å²) in [6.45, 7) is -0.816. The highest BCUT2D eigenvalue weighted by atomic mass is 35.5. The number of halogens is 3. The summed E-state index contributed by atoms with van der Waals surface area (Å²) >= 11 is 12.5. The first-order chi connectivity index (χ1) is 21.0. The molecule has 44 heavy (non-hydrogen) atoms. The summed E-state index contributed by atoms with van der Waals surface area (Å²) in [6, 6.07) is 18.5. The largest absolute Gasteiger partial charge is 0.352 e. The quantitative estimate of drug-likeness (QED) is 0.264. The molecule has 1 unspecified atom stereocenters. The van der Waals surface area contributed by atoms with E-state index in [9.17, 15) is 18.0 Å². The Hall–Kier alpha value is -3.18. The molecule has 2 amide bonds. The number of rotatable bonds is 12. The summed E-state index contributed by atoms with van der Waals surface area (Å²) in [4.78, 5) is 29.7. The lowest BCUT2D eigenvalue weighted by molar-refractivity contribution is -0.140. The Balaban J connectivity index is 1.77. The summed E-state index contributed by atoms with van der Waals surface area (Å²) in [5.74, 6) is -1.84. The van der Waals surface area contributed by atoms with Gasteiger partial charge < -0.3 is 10.2 Å². The second-order valence-corrected chi connectivity index (χ2v) is 13.9. The van der Waals surface area contributed by atoms with Gasteiger partial charge in [-0.2, -0.15) is 12.7 Å². The van der Waals surface area contributed by atoms with E-state index in [1.54, 1.807) is 18.2 Å². The van der Waals surface area contributed by atoms with Crippen LogP contribution in [0.25, 0.3) is 0 Å². The lowest BCUT2D eigenvalue weighted by atomic mass is 9.94. The summed E-state index contributed by atoms with van der Waals surface area (Å²) in [6.07, 6.45) is 4.96. The van der Waals surface area contributed by atoms with Crippen molar-refractivity contribution in [2.24, 2.45) is 0 Å². The van der Waals surface area contributed by atoms with Crippen LogP contribution in [-0.2, 0) is 32.8 Å². The third kappa shape index (κ3) is 8.50. The SMILES string of the molecule is CN(C)S(=O)(=O)N(CC(=O)N(Cc1ccc(Cl)c(Cl)c1)C(Cc1ccccc1)C(=O)NC1CCCCC1)c1ccccc1F. The molecule has 12 heteroatoms. The molecule has 1 aliphatic rings. The Morgan fingerprint density at radius 2 is 1.57 bits per heavy atom. The van der Waals surface area contributed by atoms with Gasteiger partial charge in [0.2, 0.25) is 11.8 Å². The van der Waals surface area contributed by atoms with E-state index in [0.29, 0.717) is 10.6 Å². The molecule has 1 fully saturated rings. The molecule has 0 radical (unpaired) electrons. The molecule has 0 heterocycles. The van der Waals surface area contributed by atoms with Crippen LogP contribution in [0.4, 0.5) is 10.1 Å². The Labute approximate surface area is 268 Å². The fourth-order valence-corrected chi connectivity index (χ4v) is 6.67. The number of carbonyl (C=O) groups is 2. The van der Waals surface area contributed by atoms with E-state index < -0.39 is 34.5 Å². The number of amides is 2. The van der Waals surface area contributed by atoms with Crippen molar-refractivity contribution < 1.29 is 22.4 Å². The van der Waals surface area contributed by atoms with Crippen LogP contribution < -0.4 is 9.62 Å². The first-order valence-corrected chi connectivity index (χ1v) is 16.6. The van der Waals surface area contributed by atoms with Gasteiger partial charge in [0.1, 0.15) is 18.4 Å². The molecule has 3 aromatic rings. The van der Waals surface area contributed by atoms with E-state index in [-0.39, 0.29) is 35.6 Å². The maximum absolute atomic E-state index is 15.0. The Morgan fingerprint density at radius 3 is 2.20 bits per heavy atom. The average molecular weight is 664 g/mol. The van der Waals surface area contributed by atoms with E-state index in [2.05, 4.69) is 5.32 Å². The highest BCUT2D eigenvalue weighted by Gasteiger charge is 2.36. The monoisotopic (exact) mass is 662 g/mol. The van der Waals surface area contributed by atoms with Crippen molar-refractivity contribution in [3.63, 3.8) is 0 Å². The number of hydrogen-bond donors (Lipinski definition) is 1. The van der Waals surface area contributed by atoms with Gasteiger partial charge in [-0.3, -0.25) is 9.59 Å². The predicted molar refractivity (Wildman–Crippen MR) is 172 cm³/mol. The average Bonchev–Trinajstić information content (AvgIpc) is 3.00. The van der Waals surface area contributed by atoms with Crippen molar-refractivity contribution >= 4 is 50.9 Å². The normalized spacial score (nSPS) is 14.7. The minimum atomic E-state index is -4.32. The maximum Gasteiger partial charge on any atom is 0.304 e. The van der Waals surface area contributed by atoms with Crippen LogP contribution in [0.3, 0.4) is 0 Å². The lowest BCUT2D eigenvalue weighted by Crippen LogP contribution is -2.55. The molecule has 8 nitrogen and oxygen atoms in total. The van der Waals surface area contributed by atoms with Crippen LogP contribution in [0.2, 0.25) is 10.0 Å². The van der Waals surface area contributed by atoms with Crippen LogP contribution in [-0.4, -0.2) is 62.2 Å². The van der Waals surface area contributed by atoms with Crippen molar-refractivity contribution in [2.45, 2.75) is 57.2 Å². The standard InChI is InChI=1S/C32H37Cl2FN4O4S/c1-37(2)44(42,43)39(29-16-10-9-15-28(29)35)22-31(40)38(21-24-17-18-26(33)27(34)19-24)30(20-23-11-5-3-6-12-23)32(41)36-25-13-7-4-8-14-25/h3,5-6,9-12,15-19,25,30H,4,7-8,13-14,20-22H2,1-2H3,(H,36,41). The molecular weight excluding hydrogens is 626 g/mol. The zero-order chi connectivity index (χ0) is 31.9. The van der Waals surface area contributed by atoms with Crippen LogP contribution in [0.15, 0.2) is 72.8 Å². The molecule has 0 bridgehead atoms. The van der Waals surface area contributed by atoms with E-state index >= 15 is 4.39 Å². The van der Waals surface area contributed by atoms with Gasteiger partial charge >= 0.3 is 10.2 Å². The second kappa shape index (κ2) is 15.2. The van der Waals surface area contributed by atoms with E-state index in [1.165, 1.54) is 37.2 Å². The molecule has 1 aliphatic carbocycles. The van der Waals surface area contributed by atoms with Gasteiger partial charge in [-0.25, -0.2) is 8.70 Å². The number of carbonyl (C=O) groups excluding carboxylic acids is 2. The molecule has 1 atom stereocenters. The summed E-state index contributed by atoms with van der Waals surface area (Å²) < 4.78 is 43.5. The zero-order valence-electron chi connectivity index (χ0n) is 24.8. The van der Waals surface area contributed by atoms with E-state index in [1.807, 2.05) is 30.3 Å². The van der Waals surface area contributed by atoms with Gasteiger partial charge in [0.25, 0.3) is 0 Å². The van der Waals surface area contributed by atoms with Crippen molar-refractivity contribution in [1.29, 1.82) is 0 Å². The fraction of sp³-hybridized carbons (Fsp3) is 0.375. The predicted octanol–water partition coefficient (Wildman–Crippen LogP) is 5.83. The smallest absolute Gasteiger partial charge is 0.304 e. The summed E-state index contributed by atoms with van der Waals surface area (Å²) in [5.41, 5.74) is 1.12. The third-order valence-electron chi connectivity index (χ3n) is 7.70. The van der Waals surface area contributed by atoms with E-state index in [4.69, 9.17) is 23.2 Å². The maximum atomic E-state index is 15.0. The highest BCUT2D eigenvalue weighted by Crippen LogP contribution is 2.27. The molecule has 3 aromatic carbocycles. The highest BCUT2D eigenvalue weighted by molar-refractivity contribution is 7.90. The number of para-hydroxylation sites is 1. The Morgan fingerprint density at radius 1 is 0.909 bits per heavy atom. The fourth-order valence-electron chi connectivity index (χ4n) is 5.29. The van der Waals surface area contributed by atoms with E-state index in [0.717, 1.165) is 52.3 Å². The van der Waals surface area contributed by atoms with Gasteiger partial charge in [0.05, 0.1) is 15.7 Å². The number of nitrogens with zero attached hydrogens (tertiary/aromatic N) is 3. The number of anilines is 1. The molecule has 1 N–H and O–H groups in total. The summed E-state index contributed by atoms with van der Waals surface area (Å²) in [5, 5.41) is 3.74. The van der Waals surface area contributed by atoms with Crippen LogP contribution >= 0.6 is 23.2 Å². The zero-order valence-corrected chi connectivity index (χ0v) is 27.1. The van der Waals surface area contributed by atoms with Crippen molar-refractivity contribution in [3.05, 3.63) is 99.8 Å². The molecule has 1 saturated carbocycles. The van der Waals surface area contributed by atoms with Crippen LogP contribution in [0.1, 0.15) is 43.2 Å². The molecule has 4 rings (SSSR count). The van der Waals surface area contributed by atoms with Gasteiger partial charge in [-0.1, -0.05) is 91.0 Å². The summed E-state index contributed by atoms with van der Waals surface area (Å²) in [7, 11) is -1.71. The molecule has 0 aliphatic heterocycles. The first-order valence-electron chi connectivity index (χ1n) is 14.5. The van der Waals surface area contributed by atoms with Crippen molar-refractivity contribution in [1.82, 2.24) is 14.5 Å². The minimum absolute atomic E-state index is 0.0273. The lowest BCUT2D eigenvalue weighted by Gasteiger charge is -2.35. The third-order valence-corrected chi connectivity index (χ3v) is 10.2. The van der Waals surface area contributed by atoms with Crippen molar-refractivity contribution in [2.75, 3.05) is 24.9 Å². The Bertz CT molecular complexity index is 1550. The molecular formula is C32H37Cl2FN4O4S. The molecule has 236 valence electrons. The first kappa shape index (κ1) is 33.7. The second-order valence-electron chi connectivity index (χ2n) is 11.1. The topological polar surface area (TPSA) is 90.0 Å². The van der Waals surface area contributed by atoms with Gasteiger partial charge in [-0.15, -0.1) is 0 Å². The molecule has 0 spiro atoms. The number of benzene rings is 3.